The zero-order valence-electron chi connectivity index (χ0n) is 24.9. The number of fused-ring (bicyclic) bond motifs is 3. The molecule has 1 heterocycles. The van der Waals surface area contributed by atoms with Gasteiger partial charge in [-0.05, 0) is 63.4 Å². The van der Waals surface area contributed by atoms with Crippen LogP contribution in [-0.2, 0) is 10.8 Å². The molecule has 0 saturated heterocycles. The highest BCUT2D eigenvalue weighted by Crippen LogP contribution is 2.51. The van der Waals surface area contributed by atoms with Crippen molar-refractivity contribution in [2.24, 2.45) is 0 Å². The van der Waals surface area contributed by atoms with Crippen LogP contribution in [0.1, 0.15) is 75.9 Å². The van der Waals surface area contributed by atoms with Crippen molar-refractivity contribution in [1.82, 2.24) is 0 Å². The Morgan fingerprint density at radius 3 is 1.90 bits per heavy atom. The Kier molecular flexibility index (Phi) is 6.98. The average Bonchev–Trinajstić information content (AvgIpc) is 3.38. The first-order valence-electron chi connectivity index (χ1n) is 14.6. The molecular weight excluding hydrogens is 564 g/mol. The van der Waals surface area contributed by atoms with E-state index in [9.17, 15) is 0 Å². The Balaban J connectivity index is 1.55. The van der Waals surface area contributed by atoms with Crippen molar-refractivity contribution in [2.75, 3.05) is 10.2 Å². The summed E-state index contributed by atoms with van der Waals surface area (Å²) in [4.78, 5) is 2.49. The van der Waals surface area contributed by atoms with E-state index in [1.807, 2.05) is 0 Å². The minimum Gasteiger partial charge on any atom is -0.361 e. The second-order valence-electron chi connectivity index (χ2n) is 13.3. The predicted molar refractivity (Wildman–Crippen MR) is 180 cm³/mol. The number of hydrogen-bond donors (Lipinski definition) is 1. The summed E-state index contributed by atoms with van der Waals surface area (Å²) < 4.78 is 1.13. The molecule has 0 aromatic heterocycles. The molecule has 41 heavy (non-hydrogen) atoms. The first-order valence-corrected chi connectivity index (χ1v) is 15.3. The van der Waals surface area contributed by atoms with Gasteiger partial charge in [-0.15, -0.1) is 0 Å². The first kappa shape index (κ1) is 27.6. The zero-order valence-corrected chi connectivity index (χ0v) is 26.5. The molecule has 1 aliphatic heterocycles. The van der Waals surface area contributed by atoms with E-state index in [1.54, 1.807) is 0 Å². The monoisotopic (exact) mass is 602 g/mol. The molecule has 0 fully saturated rings. The summed E-state index contributed by atoms with van der Waals surface area (Å²) in [6.45, 7) is 13.6. The Labute approximate surface area is 253 Å². The third-order valence-electron chi connectivity index (χ3n) is 8.35. The SMILES string of the molecule is CC(C)(C)c1ccc(NC2c3c(cccc3C3C=CC(Br)=C3)-c3ccccc3N2c2ccc(C(C)(C)C)cc2)cc1. The van der Waals surface area contributed by atoms with Crippen LogP contribution in [0.4, 0.5) is 17.1 Å². The van der Waals surface area contributed by atoms with Gasteiger partial charge in [0.15, 0.2) is 0 Å². The predicted octanol–water partition coefficient (Wildman–Crippen LogP) is 11.1. The maximum atomic E-state index is 3.99. The lowest BCUT2D eigenvalue weighted by molar-refractivity contribution is 0.590. The summed E-state index contributed by atoms with van der Waals surface area (Å²) in [5.74, 6) is 0.210. The van der Waals surface area contributed by atoms with E-state index in [-0.39, 0.29) is 22.9 Å². The minimum atomic E-state index is -0.0988. The number of benzene rings is 4. The van der Waals surface area contributed by atoms with Gasteiger partial charge in [-0.25, -0.2) is 0 Å². The molecule has 3 heteroatoms. The van der Waals surface area contributed by atoms with Crippen LogP contribution in [0.25, 0.3) is 11.1 Å². The highest BCUT2D eigenvalue weighted by molar-refractivity contribution is 9.11. The van der Waals surface area contributed by atoms with Gasteiger partial charge >= 0.3 is 0 Å². The van der Waals surface area contributed by atoms with Gasteiger partial charge in [0, 0.05) is 32.9 Å². The molecule has 0 bridgehead atoms. The topological polar surface area (TPSA) is 15.3 Å². The molecular formula is C38H39BrN2. The maximum absolute atomic E-state index is 3.99. The summed E-state index contributed by atoms with van der Waals surface area (Å²) in [7, 11) is 0. The molecule has 2 nitrogen and oxygen atoms in total. The van der Waals surface area contributed by atoms with Crippen molar-refractivity contribution >= 4 is 33.0 Å². The molecule has 0 amide bonds. The van der Waals surface area contributed by atoms with Crippen LogP contribution in [-0.4, -0.2) is 0 Å². The lowest BCUT2D eigenvalue weighted by Crippen LogP contribution is -2.34. The van der Waals surface area contributed by atoms with Crippen LogP contribution in [0.5, 0.6) is 0 Å². The van der Waals surface area contributed by atoms with Crippen LogP contribution in [0.3, 0.4) is 0 Å². The fourth-order valence-corrected chi connectivity index (χ4v) is 6.47. The molecule has 1 N–H and O–H groups in total. The van der Waals surface area contributed by atoms with Gasteiger partial charge in [0.1, 0.15) is 6.17 Å². The molecule has 208 valence electrons. The van der Waals surface area contributed by atoms with E-state index in [4.69, 9.17) is 0 Å². The normalized spacial score (nSPS) is 18.1. The molecule has 2 aliphatic rings. The quantitative estimate of drug-likeness (QED) is 0.250. The Hall–Kier alpha value is -3.56. The molecule has 0 radical (unpaired) electrons. The molecule has 4 aromatic carbocycles. The summed E-state index contributed by atoms with van der Waals surface area (Å²) >= 11 is 3.71. The van der Waals surface area contributed by atoms with E-state index in [0.717, 1.165) is 10.2 Å². The standard InChI is InChI=1S/C38H39BrN2/c1-37(2,3)26-15-20-29(21-16-26)40-36-35-31(25-14-19-28(39)24-25)11-9-12-33(35)32-10-7-8-13-34(32)41(36)30-22-17-27(18-23-30)38(4,5)6/h7-25,36,40H,1-6H3. The van der Waals surface area contributed by atoms with Crippen molar-refractivity contribution in [2.45, 2.75) is 64.5 Å². The smallest absolute Gasteiger partial charge is 0.131 e. The van der Waals surface area contributed by atoms with Crippen molar-refractivity contribution in [3.05, 3.63) is 136 Å². The van der Waals surface area contributed by atoms with E-state index < -0.39 is 0 Å². The Bertz CT molecular complexity index is 1630. The summed E-state index contributed by atoms with van der Waals surface area (Å²) in [5, 5.41) is 3.99. The number of hydrogen-bond acceptors (Lipinski definition) is 2. The molecule has 2 unspecified atom stereocenters. The Morgan fingerprint density at radius 2 is 1.29 bits per heavy atom. The fraction of sp³-hybridized carbons (Fsp3) is 0.263. The van der Waals surface area contributed by atoms with Gasteiger partial charge in [0.2, 0.25) is 0 Å². The van der Waals surface area contributed by atoms with Gasteiger partial charge in [0.25, 0.3) is 0 Å². The number of rotatable bonds is 4. The first-order chi connectivity index (χ1) is 19.5. The molecule has 2 atom stereocenters. The number of para-hydroxylation sites is 1. The maximum Gasteiger partial charge on any atom is 0.131 e. The minimum absolute atomic E-state index is 0.0963. The third kappa shape index (κ3) is 5.28. The van der Waals surface area contributed by atoms with Crippen LogP contribution in [0.15, 0.2) is 114 Å². The van der Waals surface area contributed by atoms with Crippen LogP contribution in [0, 0.1) is 0 Å². The highest BCUT2D eigenvalue weighted by atomic mass is 79.9. The summed E-state index contributed by atoms with van der Waals surface area (Å²) in [6, 6.07) is 33.7. The second kappa shape index (κ2) is 10.4. The number of halogens is 1. The summed E-state index contributed by atoms with van der Waals surface area (Å²) in [5.41, 5.74) is 11.6. The van der Waals surface area contributed by atoms with Crippen LogP contribution < -0.4 is 10.2 Å². The average molecular weight is 604 g/mol. The van der Waals surface area contributed by atoms with E-state index in [0.29, 0.717) is 0 Å². The lowest BCUT2D eigenvalue weighted by atomic mass is 9.83. The van der Waals surface area contributed by atoms with Crippen molar-refractivity contribution < 1.29 is 0 Å². The largest absolute Gasteiger partial charge is 0.361 e. The van der Waals surface area contributed by atoms with Gasteiger partial charge in [-0.3, -0.25) is 0 Å². The second-order valence-corrected chi connectivity index (χ2v) is 14.2. The lowest BCUT2D eigenvalue weighted by Gasteiger charge is -2.42. The van der Waals surface area contributed by atoms with Crippen molar-refractivity contribution in [3.63, 3.8) is 0 Å². The number of nitrogens with zero attached hydrogens (tertiary/aromatic N) is 1. The highest BCUT2D eigenvalue weighted by Gasteiger charge is 2.35. The molecule has 0 saturated carbocycles. The Morgan fingerprint density at radius 1 is 0.683 bits per heavy atom. The number of allylic oxidation sites excluding steroid dienone is 4. The molecule has 1 aliphatic carbocycles. The van der Waals surface area contributed by atoms with Gasteiger partial charge in [0.05, 0.1) is 5.69 Å². The van der Waals surface area contributed by atoms with Crippen LogP contribution in [0.2, 0.25) is 0 Å². The zero-order chi connectivity index (χ0) is 28.9. The van der Waals surface area contributed by atoms with Gasteiger partial charge < -0.3 is 10.2 Å². The third-order valence-corrected chi connectivity index (χ3v) is 8.88. The fourth-order valence-electron chi connectivity index (χ4n) is 6.04. The van der Waals surface area contributed by atoms with Crippen LogP contribution >= 0.6 is 15.9 Å². The molecule has 6 rings (SSSR count). The van der Waals surface area contributed by atoms with E-state index in [1.165, 1.54) is 44.8 Å². The van der Waals surface area contributed by atoms with Gasteiger partial charge in [-0.2, -0.15) is 0 Å². The summed E-state index contributed by atoms with van der Waals surface area (Å²) in [6.07, 6.45) is 6.65. The molecule has 4 aromatic rings. The van der Waals surface area contributed by atoms with Crippen molar-refractivity contribution in [1.29, 1.82) is 0 Å². The van der Waals surface area contributed by atoms with E-state index >= 15 is 0 Å². The van der Waals surface area contributed by atoms with Crippen molar-refractivity contribution in [3.8, 4) is 11.1 Å². The van der Waals surface area contributed by atoms with Gasteiger partial charge in [-0.1, -0.05) is 136 Å². The number of anilines is 3. The molecule has 0 spiro atoms. The van der Waals surface area contributed by atoms with E-state index in [2.05, 4.69) is 177 Å². The number of nitrogens with one attached hydrogen (secondary N) is 1.